The summed E-state index contributed by atoms with van der Waals surface area (Å²) >= 11 is 13.2. The molecule has 9 heteroatoms. The summed E-state index contributed by atoms with van der Waals surface area (Å²) in [6.45, 7) is -0.428. The minimum absolute atomic E-state index is 0.0299. The van der Waals surface area contributed by atoms with E-state index in [0.717, 1.165) is 10.6 Å². The number of amides is 1. The van der Waals surface area contributed by atoms with Gasteiger partial charge in [-0.25, -0.2) is 4.98 Å². The predicted octanol–water partition coefficient (Wildman–Crippen LogP) is 4.85. The summed E-state index contributed by atoms with van der Waals surface area (Å²) in [4.78, 5) is 28.5. The minimum atomic E-state index is -0.550. The van der Waals surface area contributed by atoms with Crippen LogP contribution in [-0.4, -0.2) is 30.6 Å². The number of aromatic nitrogens is 1. The number of thiazole rings is 1. The number of methoxy groups -OCH3 is 1. The molecule has 6 nitrogen and oxygen atoms in total. The van der Waals surface area contributed by atoms with Gasteiger partial charge >= 0.3 is 5.97 Å². The Morgan fingerprint density at radius 3 is 2.55 bits per heavy atom. The number of nitrogens with one attached hydrogen (secondary N) is 1. The molecule has 0 atom stereocenters. The number of hydrogen-bond donors (Lipinski definition) is 1. The number of rotatable bonds is 7. The fraction of sp³-hybridized carbons (Fsp3) is 0.150. The molecule has 1 N–H and O–H groups in total. The van der Waals surface area contributed by atoms with Crippen LogP contribution in [0.3, 0.4) is 0 Å². The smallest absolute Gasteiger partial charge is 0.312 e. The first-order valence-corrected chi connectivity index (χ1v) is 10.1. The molecule has 0 saturated heterocycles. The molecule has 2 aromatic carbocycles. The van der Waals surface area contributed by atoms with E-state index in [4.69, 9.17) is 32.7 Å². The van der Waals surface area contributed by atoms with Gasteiger partial charge in [-0.05, 0) is 30.3 Å². The summed E-state index contributed by atoms with van der Waals surface area (Å²) in [6, 6.07) is 12.1. The second-order valence-corrected chi connectivity index (χ2v) is 7.61. The zero-order chi connectivity index (χ0) is 20.8. The van der Waals surface area contributed by atoms with Gasteiger partial charge in [0.15, 0.2) is 6.61 Å². The largest absolute Gasteiger partial charge is 0.495 e. The molecule has 29 heavy (non-hydrogen) atoms. The number of anilines is 1. The molecule has 1 heterocycles. The van der Waals surface area contributed by atoms with E-state index in [9.17, 15) is 9.59 Å². The maximum Gasteiger partial charge on any atom is 0.312 e. The molecule has 3 aromatic rings. The number of carbonyl (C=O) groups excluding carboxylic acids is 2. The molecule has 0 spiro atoms. The van der Waals surface area contributed by atoms with Crippen molar-refractivity contribution < 1.29 is 19.1 Å². The first kappa shape index (κ1) is 21.1. The van der Waals surface area contributed by atoms with Crippen LogP contribution in [0.4, 0.5) is 5.69 Å². The number of carbonyl (C=O) groups is 2. The van der Waals surface area contributed by atoms with Crippen molar-refractivity contribution in [2.45, 2.75) is 6.42 Å². The van der Waals surface area contributed by atoms with E-state index >= 15 is 0 Å². The maximum absolute atomic E-state index is 12.1. The summed E-state index contributed by atoms with van der Waals surface area (Å²) in [6.07, 6.45) is -0.0299. The molecule has 0 aliphatic heterocycles. The zero-order valence-corrected chi connectivity index (χ0v) is 17.6. The van der Waals surface area contributed by atoms with Crippen LogP contribution in [0, 0.1) is 0 Å². The van der Waals surface area contributed by atoms with Crippen molar-refractivity contribution in [2.24, 2.45) is 0 Å². The Morgan fingerprint density at radius 1 is 1.10 bits per heavy atom. The SMILES string of the molecule is COc1ccc(Cl)cc1NC(=O)COC(=O)Cc1csc(-c2ccc(Cl)cc2)n1. The molecule has 0 radical (unpaired) electrons. The lowest BCUT2D eigenvalue weighted by atomic mass is 10.2. The van der Waals surface area contributed by atoms with Crippen molar-refractivity contribution in [1.29, 1.82) is 0 Å². The fourth-order valence-corrected chi connectivity index (χ4v) is 3.55. The highest BCUT2D eigenvalue weighted by atomic mass is 35.5. The Hall–Kier alpha value is -2.61. The van der Waals surface area contributed by atoms with Crippen LogP contribution >= 0.6 is 34.5 Å². The molecule has 0 bridgehead atoms. The molecule has 3 rings (SSSR count). The highest BCUT2D eigenvalue weighted by Gasteiger charge is 2.13. The van der Waals surface area contributed by atoms with Crippen molar-refractivity contribution in [3.8, 4) is 16.3 Å². The van der Waals surface area contributed by atoms with Gasteiger partial charge in [-0.3, -0.25) is 9.59 Å². The normalized spacial score (nSPS) is 10.4. The van der Waals surface area contributed by atoms with Crippen LogP contribution in [0.1, 0.15) is 5.69 Å². The highest BCUT2D eigenvalue weighted by molar-refractivity contribution is 7.13. The lowest BCUT2D eigenvalue weighted by Crippen LogP contribution is -2.22. The summed E-state index contributed by atoms with van der Waals surface area (Å²) in [5, 5.41) is 6.24. The molecule has 0 aliphatic rings. The van der Waals surface area contributed by atoms with Crippen LogP contribution in [-0.2, 0) is 20.7 Å². The molecule has 0 fully saturated rings. The quantitative estimate of drug-likeness (QED) is 0.520. The number of benzene rings is 2. The second-order valence-electron chi connectivity index (χ2n) is 5.88. The third-order valence-electron chi connectivity index (χ3n) is 3.77. The van der Waals surface area contributed by atoms with E-state index in [1.54, 1.807) is 35.7 Å². The molecule has 150 valence electrons. The zero-order valence-electron chi connectivity index (χ0n) is 15.3. The number of nitrogens with zero attached hydrogens (tertiary/aromatic N) is 1. The number of hydrogen-bond acceptors (Lipinski definition) is 6. The average molecular weight is 451 g/mol. The lowest BCUT2D eigenvalue weighted by molar-refractivity contribution is -0.146. The summed E-state index contributed by atoms with van der Waals surface area (Å²) in [5.74, 6) is -0.600. The third-order valence-corrected chi connectivity index (χ3v) is 5.20. The van der Waals surface area contributed by atoms with Gasteiger partial charge in [0, 0.05) is 21.0 Å². The van der Waals surface area contributed by atoms with E-state index in [1.165, 1.54) is 18.4 Å². The fourth-order valence-electron chi connectivity index (χ4n) is 2.42. The monoisotopic (exact) mass is 450 g/mol. The summed E-state index contributed by atoms with van der Waals surface area (Å²) in [7, 11) is 1.48. The van der Waals surface area contributed by atoms with Crippen molar-refractivity contribution in [1.82, 2.24) is 4.98 Å². The van der Waals surface area contributed by atoms with Crippen LogP contribution < -0.4 is 10.1 Å². The maximum atomic E-state index is 12.1. The first-order valence-electron chi connectivity index (χ1n) is 8.44. The number of halogens is 2. The topological polar surface area (TPSA) is 77.5 Å². The Balaban J connectivity index is 1.52. The van der Waals surface area contributed by atoms with E-state index in [1.807, 2.05) is 12.1 Å². The molecule has 0 unspecified atom stereocenters. The predicted molar refractivity (Wildman–Crippen MR) is 114 cm³/mol. The highest BCUT2D eigenvalue weighted by Crippen LogP contribution is 2.28. The van der Waals surface area contributed by atoms with Gasteiger partial charge in [0.1, 0.15) is 10.8 Å². The van der Waals surface area contributed by atoms with Crippen LogP contribution in [0.2, 0.25) is 10.0 Å². The van der Waals surface area contributed by atoms with E-state index in [2.05, 4.69) is 10.3 Å². The van der Waals surface area contributed by atoms with Crippen LogP contribution in [0.15, 0.2) is 47.8 Å². The minimum Gasteiger partial charge on any atom is -0.495 e. The van der Waals surface area contributed by atoms with Gasteiger partial charge < -0.3 is 14.8 Å². The van der Waals surface area contributed by atoms with E-state index < -0.39 is 18.5 Å². The number of esters is 1. The van der Waals surface area contributed by atoms with Crippen molar-refractivity contribution >= 4 is 52.1 Å². The summed E-state index contributed by atoms with van der Waals surface area (Å²) in [5.41, 5.74) is 1.88. The number of ether oxygens (including phenoxy) is 2. The van der Waals surface area contributed by atoms with Crippen molar-refractivity contribution in [3.63, 3.8) is 0 Å². The van der Waals surface area contributed by atoms with Gasteiger partial charge in [0.25, 0.3) is 5.91 Å². The van der Waals surface area contributed by atoms with Gasteiger partial charge in [0.05, 0.1) is 24.9 Å². The molecule has 1 amide bonds. The standard InChI is InChI=1S/C20H16Cl2N2O4S/c1-27-17-7-6-14(22)8-16(17)24-18(25)10-28-19(26)9-15-11-29-20(23-15)12-2-4-13(21)5-3-12/h2-8,11H,9-10H2,1H3,(H,24,25). The van der Waals surface area contributed by atoms with Crippen LogP contribution in [0.25, 0.3) is 10.6 Å². The van der Waals surface area contributed by atoms with E-state index in [-0.39, 0.29) is 6.42 Å². The molecule has 0 aliphatic carbocycles. The van der Waals surface area contributed by atoms with Crippen LogP contribution in [0.5, 0.6) is 5.75 Å². The van der Waals surface area contributed by atoms with Crippen molar-refractivity contribution in [2.75, 3.05) is 19.0 Å². The Kier molecular flexibility index (Phi) is 7.09. The van der Waals surface area contributed by atoms with Crippen molar-refractivity contribution in [3.05, 3.63) is 63.6 Å². The van der Waals surface area contributed by atoms with E-state index in [0.29, 0.717) is 27.2 Å². The lowest BCUT2D eigenvalue weighted by Gasteiger charge is -2.10. The van der Waals surface area contributed by atoms with Gasteiger partial charge in [-0.2, -0.15) is 0 Å². The molecule has 0 saturated carbocycles. The van der Waals surface area contributed by atoms with Gasteiger partial charge in [-0.1, -0.05) is 35.3 Å². The molecule has 1 aromatic heterocycles. The first-order chi connectivity index (χ1) is 13.9. The average Bonchev–Trinajstić information content (AvgIpc) is 3.15. The van der Waals surface area contributed by atoms with Gasteiger partial charge in [-0.15, -0.1) is 11.3 Å². The van der Waals surface area contributed by atoms with Gasteiger partial charge in [0.2, 0.25) is 0 Å². The molecular formula is C20H16Cl2N2O4S. The third kappa shape index (κ3) is 5.93. The summed E-state index contributed by atoms with van der Waals surface area (Å²) < 4.78 is 10.2. The second kappa shape index (κ2) is 9.73. The molecular weight excluding hydrogens is 435 g/mol. The Morgan fingerprint density at radius 2 is 1.83 bits per heavy atom. The Labute approximate surface area is 181 Å². The Bertz CT molecular complexity index is 1020.